The molecule has 0 saturated carbocycles. The lowest BCUT2D eigenvalue weighted by Crippen LogP contribution is -2.38. The van der Waals surface area contributed by atoms with Crippen molar-refractivity contribution in [2.45, 2.75) is 46.5 Å². The molecule has 1 aliphatic heterocycles. The summed E-state index contributed by atoms with van der Waals surface area (Å²) < 4.78 is 0. The monoisotopic (exact) mass is 266 g/mol. The number of carbonyl (C=O) groups is 1. The molecule has 0 aliphatic carbocycles. The molecule has 0 N–H and O–H groups in total. The molecule has 1 amide bonds. The van der Waals surface area contributed by atoms with Crippen LogP contribution >= 0.6 is 11.3 Å². The number of rotatable bonds is 2. The first-order valence-electron chi connectivity index (χ1n) is 6.75. The van der Waals surface area contributed by atoms with Crippen LogP contribution in [0.2, 0.25) is 0 Å². The number of likely N-dealkylation sites (tertiary alicyclic amines) is 1. The number of hydrogen-bond acceptors (Lipinski definition) is 3. The molecule has 18 heavy (non-hydrogen) atoms. The average molecular weight is 266 g/mol. The van der Waals surface area contributed by atoms with Gasteiger partial charge in [0, 0.05) is 13.1 Å². The van der Waals surface area contributed by atoms with Gasteiger partial charge in [0.1, 0.15) is 4.88 Å². The lowest BCUT2D eigenvalue weighted by Gasteiger charge is -2.30. The summed E-state index contributed by atoms with van der Waals surface area (Å²) in [5.41, 5.74) is 0.973. The summed E-state index contributed by atoms with van der Waals surface area (Å²) in [5, 5.41) is 0.993. The number of nitrogens with zero attached hydrogens (tertiary/aromatic N) is 2. The van der Waals surface area contributed by atoms with Crippen LogP contribution in [0.1, 0.15) is 59.9 Å². The van der Waals surface area contributed by atoms with Crippen molar-refractivity contribution in [2.24, 2.45) is 5.92 Å². The van der Waals surface area contributed by atoms with E-state index in [1.165, 1.54) is 0 Å². The van der Waals surface area contributed by atoms with Crippen molar-refractivity contribution in [3.63, 3.8) is 0 Å². The lowest BCUT2D eigenvalue weighted by atomic mass is 9.99. The van der Waals surface area contributed by atoms with Crippen LogP contribution in [-0.4, -0.2) is 28.9 Å². The second-order valence-corrected chi connectivity index (χ2v) is 6.78. The van der Waals surface area contributed by atoms with E-state index in [2.05, 4.69) is 25.8 Å². The Kier molecular flexibility index (Phi) is 4.05. The van der Waals surface area contributed by atoms with Crippen molar-refractivity contribution >= 4 is 17.2 Å². The number of aromatic nitrogens is 1. The molecule has 1 saturated heterocycles. The maximum absolute atomic E-state index is 12.5. The topological polar surface area (TPSA) is 33.2 Å². The van der Waals surface area contributed by atoms with Crippen LogP contribution in [0.3, 0.4) is 0 Å². The predicted octanol–water partition coefficient (Wildman–Crippen LogP) is 3.45. The minimum Gasteiger partial charge on any atom is -0.338 e. The van der Waals surface area contributed by atoms with Crippen molar-refractivity contribution in [1.29, 1.82) is 0 Å². The molecule has 1 aromatic rings. The van der Waals surface area contributed by atoms with Gasteiger partial charge in [-0.3, -0.25) is 4.79 Å². The highest BCUT2D eigenvalue weighted by molar-refractivity contribution is 7.13. The molecular formula is C14H22N2OS. The van der Waals surface area contributed by atoms with Gasteiger partial charge in [-0.1, -0.05) is 20.8 Å². The van der Waals surface area contributed by atoms with E-state index < -0.39 is 0 Å². The van der Waals surface area contributed by atoms with Gasteiger partial charge in [0.05, 0.1) is 10.7 Å². The second kappa shape index (κ2) is 5.39. The highest BCUT2D eigenvalue weighted by Crippen LogP contribution is 2.27. The predicted molar refractivity (Wildman–Crippen MR) is 75.2 cm³/mol. The number of hydrogen-bond donors (Lipinski definition) is 0. The van der Waals surface area contributed by atoms with Crippen LogP contribution in [-0.2, 0) is 0 Å². The molecule has 2 rings (SSSR count). The van der Waals surface area contributed by atoms with E-state index in [4.69, 9.17) is 0 Å². The maximum atomic E-state index is 12.5. The number of amides is 1. The van der Waals surface area contributed by atoms with Crippen molar-refractivity contribution in [2.75, 3.05) is 13.1 Å². The van der Waals surface area contributed by atoms with E-state index in [9.17, 15) is 4.79 Å². The van der Waals surface area contributed by atoms with Crippen molar-refractivity contribution in [1.82, 2.24) is 9.88 Å². The molecule has 0 spiro atoms. The first kappa shape index (κ1) is 13.5. The van der Waals surface area contributed by atoms with Gasteiger partial charge in [-0.25, -0.2) is 4.98 Å². The van der Waals surface area contributed by atoms with Gasteiger partial charge in [-0.05, 0) is 31.6 Å². The van der Waals surface area contributed by atoms with E-state index in [1.54, 1.807) is 11.3 Å². The molecule has 0 unspecified atom stereocenters. The normalized spacial score (nSPS) is 17.5. The standard InChI is InChI=1S/C14H22N2OS/c1-9(2)12-13(18-11(4)15-12)14(17)16-7-5-10(3)6-8-16/h9-10H,5-8H2,1-4H3. The Bertz CT molecular complexity index is 431. The number of thiazole rings is 1. The van der Waals surface area contributed by atoms with E-state index in [0.29, 0.717) is 5.92 Å². The SMILES string of the molecule is Cc1nc(C(C)C)c(C(=O)N2CCC(C)CC2)s1. The molecule has 1 fully saturated rings. The van der Waals surface area contributed by atoms with Crippen LogP contribution < -0.4 is 0 Å². The smallest absolute Gasteiger partial charge is 0.265 e. The lowest BCUT2D eigenvalue weighted by molar-refractivity contribution is 0.0700. The summed E-state index contributed by atoms with van der Waals surface area (Å²) in [4.78, 5) is 19.9. The third-order valence-electron chi connectivity index (χ3n) is 3.57. The number of carbonyl (C=O) groups excluding carboxylic acids is 1. The minimum atomic E-state index is 0.191. The zero-order valence-corrected chi connectivity index (χ0v) is 12.5. The van der Waals surface area contributed by atoms with Crippen molar-refractivity contribution in [3.05, 3.63) is 15.6 Å². The van der Waals surface area contributed by atoms with Gasteiger partial charge < -0.3 is 4.90 Å². The average Bonchev–Trinajstić information content (AvgIpc) is 2.71. The van der Waals surface area contributed by atoms with Crippen LogP contribution in [0.4, 0.5) is 0 Å². The molecule has 0 radical (unpaired) electrons. The van der Waals surface area contributed by atoms with Crippen LogP contribution in [0.15, 0.2) is 0 Å². The number of piperidine rings is 1. The highest BCUT2D eigenvalue weighted by atomic mass is 32.1. The van der Waals surface area contributed by atoms with E-state index in [1.807, 2.05) is 11.8 Å². The summed E-state index contributed by atoms with van der Waals surface area (Å²) in [6.07, 6.45) is 2.25. The maximum Gasteiger partial charge on any atom is 0.265 e. The molecule has 0 aromatic carbocycles. The molecule has 1 aromatic heterocycles. The third-order valence-corrected chi connectivity index (χ3v) is 4.55. The van der Waals surface area contributed by atoms with Crippen LogP contribution in [0, 0.1) is 12.8 Å². The summed E-state index contributed by atoms with van der Waals surface area (Å²) in [6, 6.07) is 0. The molecule has 0 bridgehead atoms. The fourth-order valence-electron chi connectivity index (χ4n) is 2.34. The molecule has 1 aliphatic rings. The Hall–Kier alpha value is -0.900. The molecule has 2 heterocycles. The largest absolute Gasteiger partial charge is 0.338 e. The Morgan fingerprint density at radius 2 is 2.00 bits per heavy atom. The van der Waals surface area contributed by atoms with E-state index in [-0.39, 0.29) is 5.91 Å². The zero-order valence-electron chi connectivity index (χ0n) is 11.7. The van der Waals surface area contributed by atoms with Gasteiger partial charge in [-0.15, -0.1) is 11.3 Å². The first-order chi connectivity index (χ1) is 8.49. The first-order valence-corrected chi connectivity index (χ1v) is 7.57. The van der Waals surface area contributed by atoms with E-state index in [0.717, 1.165) is 47.4 Å². The minimum absolute atomic E-state index is 0.191. The Morgan fingerprint density at radius 3 is 2.56 bits per heavy atom. The summed E-state index contributed by atoms with van der Waals surface area (Å²) in [5.74, 6) is 1.26. The molecule has 3 nitrogen and oxygen atoms in total. The summed E-state index contributed by atoms with van der Waals surface area (Å²) in [7, 11) is 0. The fourth-order valence-corrected chi connectivity index (χ4v) is 3.38. The van der Waals surface area contributed by atoms with Crippen molar-refractivity contribution < 1.29 is 4.79 Å². The Morgan fingerprint density at radius 1 is 1.39 bits per heavy atom. The van der Waals surface area contributed by atoms with Crippen LogP contribution in [0.25, 0.3) is 0 Å². The number of aryl methyl sites for hydroxylation is 1. The molecule has 100 valence electrons. The quantitative estimate of drug-likeness (QED) is 0.821. The molecule has 4 heteroatoms. The highest BCUT2D eigenvalue weighted by Gasteiger charge is 2.26. The van der Waals surface area contributed by atoms with Gasteiger partial charge in [0.25, 0.3) is 5.91 Å². The van der Waals surface area contributed by atoms with Gasteiger partial charge in [0.15, 0.2) is 0 Å². The third kappa shape index (κ3) is 2.74. The van der Waals surface area contributed by atoms with E-state index >= 15 is 0 Å². The molecule has 0 atom stereocenters. The van der Waals surface area contributed by atoms with Gasteiger partial charge >= 0.3 is 0 Å². The summed E-state index contributed by atoms with van der Waals surface area (Å²) >= 11 is 1.54. The van der Waals surface area contributed by atoms with Gasteiger partial charge in [0.2, 0.25) is 0 Å². The second-order valence-electron chi connectivity index (χ2n) is 5.58. The van der Waals surface area contributed by atoms with Crippen LogP contribution in [0.5, 0.6) is 0 Å². The van der Waals surface area contributed by atoms with Crippen molar-refractivity contribution in [3.8, 4) is 0 Å². The molecular weight excluding hydrogens is 244 g/mol. The summed E-state index contributed by atoms with van der Waals surface area (Å²) in [6.45, 7) is 10.2. The zero-order chi connectivity index (χ0) is 13.3. The Labute approximate surface area is 113 Å². The fraction of sp³-hybridized carbons (Fsp3) is 0.714. The van der Waals surface area contributed by atoms with Gasteiger partial charge in [-0.2, -0.15) is 0 Å². The Balaban J connectivity index is 2.18.